The highest BCUT2D eigenvalue weighted by molar-refractivity contribution is 5.21. The monoisotopic (exact) mass is 292 g/mol. The van der Waals surface area contributed by atoms with Gasteiger partial charge in [-0.05, 0) is 65.0 Å². The van der Waals surface area contributed by atoms with Crippen LogP contribution in [0.2, 0.25) is 0 Å². The normalized spacial score (nSPS) is 38.6. The molecule has 122 valence electrons. The Bertz CT molecular complexity index is 383. The Kier molecular flexibility index (Phi) is 3.73. The van der Waals surface area contributed by atoms with Crippen LogP contribution in [0.15, 0.2) is 0 Å². The molecule has 2 saturated heterocycles. The van der Waals surface area contributed by atoms with Gasteiger partial charge in [0.2, 0.25) is 0 Å². The van der Waals surface area contributed by atoms with E-state index in [1.165, 1.54) is 51.7 Å². The smallest absolute Gasteiger partial charge is 0.0180 e. The molecular weight excluding hydrogens is 256 g/mol. The minimum absolute atomic E-state index is 0.308. The van der Waals surface area contributed by atoms with Crippen molar-refractivity contribution in [2.75, 3.05) is 19.6 Å². The standard InChI is InChI=1S/C19H36N2/c1-17(2,3)15-12-19(14-20-10-8-7-9-11-20)13-16(19)21(15)18(4,5)6/h15-16H,7-14H2,1-6H3. The lowest BCUT2D eigenvalue weighted by atomic mass is 9.80. The average Bonchev–Trinajstić information content (AvgIpc) is 2.91. The number of likely N-dealkylation sites (tertiary alicyclic amines) is 2. The van der Waals surface area contributed by atoms with E-state index in [0.29, 0.717) is 16.4 Å². The molecule has 0 aromatic heterocycles. The second kappa shape index (κ2) is 4.96. The van der Waals surface area contributed by atoms with Crippen molar-refractivity contribution in [2.24, 2.45) is 10.8 Å². The molecule has 0 aromatic carbocycles. The second-order valence-corrected chi connectivity index (χ2v) is 10.1. The fourth-order valence-electron chi connectivity index (χ4n) is 5.10. The fraction of sp³-hybridized carbons (Fsp3) is 1.00. The van der Waals surface area contributed by atoms with Crippen molar-refractivity contribution in [3.05, 3.63) is 0 Å². The molecule has 0 bridgehead atoms. The van der Waals surface area contributed by atoms with Crippen LogP contribution in [0.3, 0.4) is 0 Å². The van der Waals surface area contributed by atoms with Gasteiger partial charge < -0.3 is 4.90 Å². The quantitative estimate of drug-likeness (QED) is 0.754. The summed E-state index contributed by atoms with van der Waals surface area (Å²) in [6, 6.07) is 1.60. The number of fused-ring (bicyclic) bond motifs is 1. The molecule has 2 heterocycles. The lowest BCUT2D eigenvalue weighted by molar-refractivity contribution is 0.0362. The Morgan fingerprint density at radius 1 is 0.905 bits per heavy atom. The predicted molar refractivity (Wildman–Crippen MR) is 90.6 cm³/mol. The number of hydrogen-bond acceptors (Lipinski definition) is 2. The van der Waals surface area contributed by atoms with E-state index in [0.717, 1.165) is 12.1 Å². The second-order valence-electron chi connectivity index (χ2n) is 10.1. The van der Waals surface area contributed by atoms with Crippen molar-refractivity contribution >= 4 is 0 Å². The Morgan fingerprint density at radius 3 is 2.00 bits per heavy atom. The Balaban J connectivity index is 1.75. The topological polar surface area (TPSA) is 6.48 Å². The van der Waals surface area contributed by atoms with Gasteiger partial charge in [-0.1, -0.05) is 27.2 Å². The maximum Gasteiger partial charge on any atom is 0.0180 e. The third-order valence-electron chi connectivity index (χ3n) is 6.18. The lowest BCUT2D eigenvalue weighted by Gasteiger charge is -2.45. The zero-order chi connectivity index (χ0) is 15.5. The van der Waals surface area contributed by atoms with E-state index in [1.54, 1.807) is 0 Å². The summed E-state index contributed by atoms with van der Waals surface area (Å²) in [6.07, 6.45) is 7.17. The minimum Gasteiger partial charge on any atom is -0.303 e. The molecule has 21 heavy (non-hydrogen) atoms. The molecule has 0 amide bonds. The van der Waals surface area contributed by atoms with Crippen LogP contribution in [0.4, 0.5) is 0 Å². The molecule has 3 fully saturated rings. The number of nitrogens with zero attached hydrogens (tertiary/aromatic N) is 2. The molecule has 0 N–H and O–H groups in total. The molecular formula is C19H36N2. The molecule has 2 heteroatoms. The molecule has 2 nitrogen and oxygen atoms in total. The largest absolute Gasteiger partial charge is 0.303 e. The van der Waals surface area contributed by atoms with Gasteiger partial charge in [0.15, 0.2) is 0 Å². The summed E-state index contributed by atoms with van der Waals surface area (Å²) in [5.74, 6) is 0. The van der Waals surface area contributed by atoms with Gasteiger partial charge in [0.25, 0.3) is 0 Å². The molecule has 3 atom stereocenters. The maximum atomic E-state index is 2.89. The molecule has 1 aliphatic carbocycles. The molecule has 2 aliphatic heterocycles. The van der Waals surface area contributed by atoms with E-state index < -0.39 is 0 Å². The van der Waals surface area contributed by atoms with Crippen LogP contribution >= 0.6 is 0 Å². The number of piperidine rings is 2. The van der Waals surface area contributed by atoms with Gasteiger partial charge in [-0.25, -0.2) is 0 Å². The third-order valence-corrected chi connectivity index (χ3v) is 6.18. The highest BCUT2D eigenvalue weighted by atomic mass is 15.3. The van der Waals surface area contributed by atoms with E-state index in [-0.39, 0.29) is 0 Å². The first kappa shape index (κ1) is 15.8. The van der Waals surface area contributed by atoms with Gasteiger partial charge in [-0.15, -0.1) is 0 Å². The van der Waals surface area contributed by atoms with Crippen molar-refractivity contribution in [2.45, 2.75) is 91.3 Å². The van der Waals surface area contributed by atoms with E-state index in [9.17, 15) is 0 Å². The van der Waals surface area contributed by atoms with Crippen molar-refractivity contribution in [3.63, 3.8) is 0 Å². The Morgan fingerprint density at radius 2 is 1.52 bits per heavy atom. The van der Waals surface area contributed by atoms with E-state index in [2.05, 4.69) is 51.3 Å². The van der Waals surface area contributed by atoms with E-state index in [4.69, 9.17) is 0 Å². The highest BCUT2D eigenvalue weighted by Gasteiger charge is 2.67. The molecule has 0 spiro atoms. The fourth-order valence-corrected chi connectivity index (χ4v) is 5.10. The van der Waals surface area contributed by atoms with Crippen LogP contribution in [0.25, 0.3) is 0 Å². The van der Waals surface area contributed by atoms with Gasteiger partial charge in [-0.2, -0.15) is 0 Å². The molecule has 0 radical (unpaired) electrons. The predicted octanol–water partition coefficient (Wildman–Crippen LogP) is 4.15. The zero-order valence-electron chi connectivity index (χ0n) is 15.2. The first-order chi connectivity index (χ1) is 9.63. The van der Waals surface area contributed by atoms with Gasteiger partial charge in [-0.3, -0.25) is 4.90 Å². The summed E-state index contributed by atoms with van der Waals surface area (Å²) in [7, 11) is 0. The molecule has 1 saturated carbocycles. The number of hydrogen-bond donors (Lipinski definition) is 0. The van der Waals surface area contributed by atoms with Crippen LogP contribution in [-0.4, -0.2) is 47.1 Å². The summed E-state index contributed by atoms with van der Waals surface area (Å²) < 4.78 is 0. The third kappa shape index (κ3) is 2.91. The minimum atomic E-state index is 0.308. The van der Waals surface area contributed by atoms with Crippen LogP contribution in [0, 0.1) is 10.8 Å². The van der Waals surface area contributed by atoms with Crippen LogP contribution < -0.4 is 0 Å². The maximum absolute atomic E-state index is 2.89. The summed E-state index contributed by atoms with van der Waals surface area (Å²) >= 11 is 0. The van der Waals surface area contributed by atoms with Crippen molar-refractivity contribution < 1.29 is 0 Å². The van der Waals surface area contributed by atoms with Crippen molar-refractivity contribution in [1.29, 1.82) is 0 Å². The Labute approximate surface area is 132 Å². The summed E-state index contributed by atoms with van der Waals surface area (Å²) in [5.41, 5.74) is 1.33. The van der Waals surface area contributed by atoms with Gasteiger partial charge in [0, 0.05) is 29.6 Å². The van der Waals surface area contributed by atoms with Crippen LogP contribution in [0.5, 0.6) is 0 Å². The average molecular weight is 293 g/mol. The molecule has 3 unspecified atom stereocenters. The van der Waals surface area contributed by atoms with Crippen LogP contribution in [-0.2, 0) is 0 Å². The first-order valence-electron chi connectivity index (χ1n) is 9.14. The summed E-state index contributed by atoms with van der Waals surface area (Å²) in [5, 5.41) is 0. The first-order valence-corrected chi connectivity index (χ1v) is 9.14. The van der Waals surface area contributed by atoms with E-state index >= 15 is 0 Å². The highest BCUT2D eigenvalue weighted by Crippen LogP contribution is 2.64. The SMILES string of the molecule is CC(C)(C)C1CC2(CN3CCCCC3)CC2N1C(C)(C)C. The molecule has 0 aromatic rings. The van der Waals surface area contributed by atoms with Crippen molar-refractivity contribution in [1.82, 2.24) is 9.80 Å². The van der Waals surface area contributed by atoms with Crippen molar-refractivity contribution in [3.8, 4) is 0 Å². The molecule has 3 rings (SSSR count). The van der Waals surface area contributed by atoms with Gasteiger partial charge in [0.1, 0.15) is 0 Å². The van der Waals surface area contributed by atoms with Crippen LogP contribution in [0.1, 0.15) is 73.6 Å². The van der Waals surface area contributed by atoms with E-state index in [1.807, 2.05) is 0 Å². The lowest BCUT2D eigenvalue weighted by Crippen LogP contribution is -2.51. The van der Waals surface area contributed by atoms with Gasteiger partial charge >= 0.3 is 0 Å². The summed E-state index contributed by atoms with van der Waals surface area (Å²) in [6.45, 7) is 18.6. The Hall–Kier alpha value is -0.0800. The van der Waals surface area contributed by atoms with Gasteiger partial charge in [0.05, 0.1) is 0 Å². The summed E-state index contributed by atoms with van der Waals surface area (Å²) in [4.78, 5) is 5.66. The molecule has 3 aliphatic rings. The zero-order valence-corrected chi connectivity index (χ0v) is 15.2. The number of rotatable bonds is 2.